The van der Waals surface area contributed by atoms with Gasteiger partial charge in [0, 0.05) is 19.6 Å². The number of para-hydroxylation sites is 2. The summed E-state index contributed by atoms with van der Waals surface area (Å²) in [5.41, 5.74) is 0. The molecule has 0 saturated carbocycles. The summed E-state index contributed by atoms with van der Waals surface area (Å²) in [6.07, 6.45) is -0.895. The molecule has 2 heterocycles. The van der Waals surface area contributed by atoms with Crippen LogP contribution >= 0.6 is 0 Å². The zero-order valence-corrected chi connectivity index (χ0v) is 13.8. The van der Waals surface area contributed by atoms with E-state index in [9.17, 15) is 4.79 Å². The zero-order chi connectivity index (χ0) is 15.4. The molecular formula is C16H21ClNO5-. The summed E-state index contributed by atoms with van der Waals surface area (Å²) < 4.78 is 22.0. The number of rotatable bonds is 4. The van der Waals surface area contributed by atoms with E-state index in [1.807, 2.05) is 25.1 Å². The van der Waals surface area contributed by atoms with Gasteiger partial charge in [0.15, 0.2) is 11.5 Å². The van der Waals surface area contributed by atoms with Crippen LogP contribution in [0.4, 0.5) is 0 Å². The monoisotopic (exact) mass is 342 g/mol. The number of benzene rings is 1. The average Bonchev–Trinajstić information content (AvgIpc) is 2.55. The highest BCUT2D eigenvalue weighted by atomic mass is 35.5. The summed E-state index contributed by atoms with van der Waals surface area (Å²) in [6, 6.07) is 7.31. The van der Waals surface area contributed by atoms with E-state index in [-0.39, 0.29) is 31.1 Å². The van der Waals surface area contributed by atoms with Crippen LogP contribution < -0.4 is 21.9 Å². The molecule has 7 heteroatoms. The number of carbonyl (C=O) groups is 1. The van der Waals surface area contributed by atoms with Gasteiger partial charge in [-0.3, -0.25) is 4.90 Å². The highest BCUT2D eigenvalue weighted by Gasteiger charge is 2.30. The maximum absolute atomic E-state index is 12.2. The van der Waals surface area contributed by atoms with Crippen LogP contribution in [0, 0.1) is 0 Å². The Morgan fingerprint density at radius 3 is 2.74 bits per heavy atom. The van der Waals surface area contributed by atoms with Crippen molar-refractivity contribution in [3.63, 3.8) is 0 Å². The van der Waals surface area contributed by atoms with Crippen LogP contribution in [0.1, 0.15) is 6.92 Å². The maximum Gasteiger partial charge on any atom is 0.351 e. The molecule has 6 nitrogen and oxygen atoms in total. The second kappa shape index (κ2) is 8.38. The number of hydrogen-bond donors (Lipinski definition) is 0. The van der Waals surface area contributed by atoms with Crippen molar-refractivity contribution in [3.8, 4) is 11.5 Å². The van der Waals surface area contributed by atoms with E-state index in [2.05, 4.69) is 4.90 Å². The summed E-state index contributed by atoms with van der Waals surface area (Å²) in [5, 5.41) is 0. The predicted molar refractivity (Wildman–Crippen MR) is 79.2 cm³/mol. The average molecular weight is 343 g/mol. The van der Waals surface area contributed by atoms with Gasteiger partial charge in [0.05, 0.1) is 13.2 Å². The molecule has 2 atom stereocenters. The van der Waals surface area contributed by atoms with Gasteiger partial charge in [-0.25, -0.2) is 4.79 Å². The molecule has 1 aromatic carbocycles. The van der Waals surface area contributed by atoms with Gasteiger partial charge in [-0.1, -0.05) is 12.1 Å². The lowest BCUT2D eigenvalue weighted by Gasteiger charge is -2.30. The summed E-state index contributed by atoms with van der Waals surface area (Å²) in [4.78, 5) is 14.4. The Labute approximate surface area is 142 Å². The van der Waals surface area contributed by atoms with Gasteiger partial charge in [-0.15, -0.1) is 0 Å². The summed E-state index contributed by atoms with van der Waals surface area (Å²) >= 11 is 0. The zero-order valence-electron chi connectivity index (χ0n) is 13.1. The molecule has 2 aliphatic heterocycles. The van der Waals surface area contributed by atoms with Gasteiger partial charge in [0.2, 0.25) is 6.10 Å². The molecule has 0 bridgehead atoms. The topological polar surface area (TPSA) is 57.2 Å². The predicted octanol–water partition coefficient (Wildman–Crippen LogP) is -1.91. The molecule has 23 heavy (non-hydrogen) atoms. The molecule has 3 rings (SSSR count). The van der Waals surface area contributed by atoms with E-state index in [0.717, 1.165) is 26.3 Å². The van der Waals surface area contributed by atoms with E-state index in [1.54, 1.807) is 6.07 Å². The van der Waals surface area contributed by atoms with Crippen LogP contribution in [0.15, 0.2) is 24.3 Å². The molecule has 128 valence electrons. The first-order chi connectivity index (χ1) is 10.7. The Morgan fingerprint density at radius 2 is 2.00 bits per heavy atom. The highest BCUT2D eigenvalue weighted by molar-refractivity contribution is 5.76. The van der Waals surface area contributed by atoms with E-state index in [0.29, 0.717) is 18.0 Å². The number of hydrogen-bond acceptors (Lipinski definition) is 6. The van der Waals surface area contributed by atoms with Crippen LogP contribution in [-0.2, 0) is 14.3 Å². The lowest BCUT2D eigenvalue weighted by Crippen LogP contribution is -3.00. The van der Waals surface area contributed by atoms with Crippen LogP contribution in [0.5, 0.6) is 11.5 Å². The molecular weight excluding hydrogens is 322 g/mol. The summed E-state index contributed by atoms with van der Waals surface area (Å²) in [7, 11) is 0. The van der Waals surface area contributed by atoms with Crippen molar-refractivity contribution in [3.05, 3.63) is 24.3 Å². The molecule has 2 unspecified atom stereocenters. The lowest BCUT2D eigenvalue weighted by atomic mass is 10.2. The number of ether oxygens (including phenoxy) is 4. The molecule has 1 fully saturated rings. The Hall–Kier alpha value is -1.50. The fourth-order valence-electron chi connectivity index (χ4n) is 2.59. The van der Waals surface area contributed by atoms with E-state index in [4.69, 9.17) is 18.9 Å². The smallest absolute Gasteiger partial charge is 0.351 e. The van der Waals surface area contributed by atoms with Crippen molar-refractivity contribution >= 4 is 5.97 Å². The van der Waals surface area contributed by atoms with Crippen molar-refractivity contribution in [1.82, 2.24) is 4.90 Å². The second-order valence-corrected chi connectivity index (χ2v) is 5.52. The van der Waals surface area contributed by atoms with E-state index in [1.165, 1.54) is 0 Å². The number of carbonyl (C=O) groups excluding carboxylic acids is 1. The molecule has 1 saturated heterocycles. The molecule has 0 spiro atoms. The van der Waals surface area contributed by atoms with Crippen LogP contribution in [-0.4, -0.2) is 62.5 Å². The van der Waals surface area contributed by atoms with Gasteiger partial charge in [0.25, 0.3) is 0 Å². The van der Waals surface area contributed by atoms with Gasteiger partial charge in [0.1, 0.15) is 12.7 Å². The Morgan fingerprint density at radius 1 is 1.30 bits per heavy atom. The first-order valence-electron chi connectivity index (χ1n) is 7.61. The largest absolute Gasteiger partial charge is 1.00 e. The minimum absolute atomic E-state index is 0. The number of fused-ring (bicyclic) bond motifs is 1. The van der Waals surface area contributed by atoms with Gasteiger partial charge < -0.3 is 31.4 Å². The third kappa shape index (κ3) is 4.73. The number of halogens is 1. The van der Waals surface area contributed by atoms with Crippen LogP contribution in [0.3, 0.4) is 0 Å². The Bertz CT molecular complexity index is 521. The Kier molecular flexibility index (Phi) is 6.50. The van der Waals surface area contributed by atoms with Crippen LogP contribution in [0.25, 0.3) is 0 Å². The SMILES string of the molecule is CC(CN1CCOCC1)OC(=O)C1COc2ccccc2O1.[Cl-]. The third-order valence-corrected chi connectivity index (χ3v) is 3.71. The fourth-order valence-corrected chi connectivity index (χ4v) is 2.59. The second-order valence-electron chi connectivity index (χ2n) is 5.52. The van der Waals surface area contributed by atoms with Gasteiger partial charge in [-0.2, -0.15) is 0 Å². The molecule has 0 aromatic heterocycles. The first-order valence-corrected chi connectivity index (χ1v) is 7.61. The minimum atomic E-state index is -0.706. The highest BCUT2D eigenvalue weighted by Crippen LogP contribution is 2.31. The number of nitrogens with zero attached hydrogens (tertiary/aromatic N) is 1. The van der Waals surface area contributed by atoms with Crippen molar-refractivity contribution in [2.24, 2.45) is 0 Å². The normalized spacial score (nSPS) is 21.9. The number of morpholine rings is 1. The van der Waals surface area contributed by atoms with Crippen LogP contribution in [0.2, 0.25) is 0 Å². The van der Waals surface area contributed by atoms with Gasteiger partial charge >= 0.3 is 5.97 Å². The molecule has 1 aromatic rings. The standard InChI is InChI=1S/C16H21NO5.ClH/c1-12(10-17-6-8-19-9-7-17)21-16(18)15-11-20-13-4-2-3-5-14(13)22-15;/h2-5,12,15H,6-11H2,1H3;1H/p-1. The lowest BCUT2D eigenvalue weighted by molar-refractivity contribution is -0.160. The maximum atomic E-state index is 12.2. The van der Waals surface area contributed by atoms with E-state index >= 15 is 0 Å². The van der Waals surface area contributed by atoms with Crippen molar-refractivity contribution < 1.29 is 36.1 Å². The molecule has 0 N–H and O–H groups in total. The fraction of sp³-hybridized carbons (Fsp3) is 0.562. The minimum Gasteiger partial charge on any atom is -1.00 e. The third-order valence-electron chi connectivity index (χ3n) is 3.71. The van der Waals surface area contributed by atoms with E-state index < -0.39 is 6.10 Å². The molecule has 0 aliphatic carbocycles. The summed E-state index contributed by atoms with van der Waals surface area (Å²) in [6.45, 7) is 6.00. The Balaban J connectivity index is 0.00000192. The summed E-state index contributed by atoms with van der Waals surface area (Å²) in [5.74, 6) is 0.861. The van der Waals surface area contributed by atoms with Crippen molar-refractivity contribution in [2.45, 2.75) is 19.1 Å². The van der Waals surface area contributed by atoms with Gasteiger partial charge in [-0.05, 0) is 19.1 Å². The quantitative estimate of drug-likeness (QED) is 0.596. The number of esters is 1. The first kappa shape index (κ1) is 17.8. The van der Waals surface area contributed by atoms with Crippen molar-refractivity contribution in [2.75, 3.05) is 39.5 Å². The molecule has 0 radical (unpaired) electrons. The van der Waals surface area contributed by atoms with Crippen molar-refractivity contribution in [1.29, 1.82) is 0 Å². The molecule has 0 amide bonds. The molecule has 2 aliphatic rings.